The van der Waals surface area contributed by atoms with Gasteiger partial charge in [0, 0.05) is 33.8 Å². The molecule has 1 aromatic heterocycles. The molecule has 9 rings (SSSR count). The average molecular weight is 571 g/mol. The molecule has 0 saturated heterocycles. The normalized spacial score (nSPS) is 17.1. The fourth-order valence-corrected chi connectivity index (χ4v) is 8.13. The molecule has 5 aromatic carbocycles. The van der Waals surface area contributed by atoms with Crippen LogP contribution in [0.4, 0.5) is 34.1 Å². The van der Waals surface area contributed by atoms with E-state index in [1.165, 1.54) is 57.6 Å². The Morgan fingerprint density at radius 1 is 0.591 bits per heavy atom. The molecule has 0 N–H and O–H groups in total. The molecule has 0 atom stereocenters. The highest BCUT2D eigenvalue weighted by atomic mass is 16.3. The summed E-state index contributed by atoms with van der Waals surface area (Å²) in [5, 5.41) is 1.15. The summed E-state index contributed by atoms with van der Waals surface area (Å²) in [6, 6.07) is 42.1. The Labute approximate surface area is 259 Å². The van der Waals surface area contributed by atoms with Crippen LogP contribution in [0, 0.1) is 0 Å². The van der Waals surface area contributed by atoms with Crippen LogP contribution in [0.25, 0.3) is 11.0 Å². The number of fused-ring (bicyclic) bond motifs is 7. The monoisotopic (exact) mass is 570 g/mol. The minimum atomic E-state index is -0.0235. The maximum absolute atomic E-state index is 6.97. The molecule has 0 bridgehead atoms. The SMILES string of the molecule is CC1(C)CCC(C)(C)c2cc3c(cc21)B1c2oc4ccccc4c2N(c2ccccc2)c2cccc(c21)N3c1ccccc1. The molecule has 44 heavy (non-hydrogen) atoms. The van der Waals surface area contributed by atoms with E-state index in [1.54, 1.807) is 0 Å². The molecule has 0 fully saturated rings. The number of hydrogen-bond acceptors (Lipinski definition) is 3. The van der Waals surface area contributed by atoms with Crippen molar-refractivity contribution in [3.63, 3.8) is 0 Å². The summed E-state index contributed by atoms with van der Waals surface area (Å²) in [4.78, 5) is 4.93. The Morgan fingerprint density at radius 3 is 1.84 bits per heavy atom. The number of para-hydroxylation sites is 3. The zero-order valence-corrected chi connectivity index (χ0v) is 25.8. The van der Waals surface area contributed by atoms with E-state index in [4.69, 9.17) is 4.42 Å². The maximum Gasteiger partial charge on any atom is 0.297 e. The predicted molar refractivity (Wildman–Crippen MR) is 186 cm³/mol. The number of benzene rings is 5. The van der Waals surface area contributed by atoms with Crippen LogP contribution in [0.2, 0.25) is 0 Å². The zero-order valence-electron chi connectivity index (χ0n) is 25.8. The summed E-state index contributed by atoms with van der Waals surface area (Å²) >= 11 is 0. The van der Waals surface area contributed by atoms with Gasteiger partial charge in [0.2, 0.25) is 0 Å². The van der Waals surface area contributed by atoms with Gasteiger partial charge in [0.25, 0.3) is 6.71 Å². The Bertz CT molecular complexity index is 2090. The molecule has 3 aliphatic rings. The third-order valence-corrected chi connectivity index (χ3v) is 10.5. The van der Waals surface area contributed by atoms with Crippen molar-refractivity contribution in [2.45, 2.75) is 51.4 Å². The second kappa shape index (κ2) is 8.92. The molecular weight excluding hydrogens is 535 g/mol. The largest absolute Gasteiger partial charge is 0.468 e. The van der Waals surface area contributed by atoms with Gasteiger partial charge in [-0.2, -0.15) is 0 Å². The lowest BCUT2D eigenvalue weighted by molar-refractivity contribution is 0.332. The fourth-order valence-electron chi connectivity index (χ4n) is 8.13. The molecule has 3 heterocycles. The van der Waals surface area contributed by atoms with Crippen molar-refractivity contribution in [1.29, 1.82) is 0 Å². The highest BCUT2D eigenvalue weighted by molar-refractivity contribution is 7.00. The Morgan fingerprint density at radius 2 is 1.16 bits per heavy atom. The highest BCUT2D eigenvalue weighted by Gasteiger charge is 2.48. The van der Waals surface area contributed by atoms with Gasteiger partial charge in [-0.15, -0.1) is 0 Å². The summed E-state index contributed by atoms with van der Waals surface area (Å²) < 4.78 is 6.97. The van der Waals surface area contributed by atoms with Gasteiger partial charge < -0.3 is 14.2 Å². The Kier molecular flexibility index (Phi) is 5.22. The molecule has 6 aromatic rings. The van der Waals surface area contributed by atoms with Crippen LogP contribution in [0.3, 0.4) is 0 Å². The van der Waals surface area contributed by atoms with Crippen molar-refractivity contribution in [3.05, 3.63) is 126 Å². The van der Waals surface area contributed by atoms with Gasteiger partial charge in [0.15, 0.2) is 0 Å². The van der Waals surface area contributed by atoms with Gasteiger partial charge in [0.1, 0.15) is 5.58 Å². The Balaban J connectivity index is 1.43. The van der Waals surface area contributed by atoms with E-state index < -0.39 is 0 Å². The van der Waals surface area contributed by atoms with Crippen molar-refractivity contribution in [3.8, 4) is 0 Å². The molecule has 3 nitrogen and oxygen atoms in total. The third-order valence-electron chi connectivity index (χ3n) is 10.5. The topological polar surface area (TPSA) is 19.6 Å². The van der Waals surface area contributed by atoms with Crippen LogP contribution < -0.4 is 26.4 Å². The average Bonchev–Trinajstić information content (AvgIpc) is 3.43. The van der Waals surface area contributed by atoms with Crippen LogP contribution in [-0.4, -0.2) is 6.71 Å². The van der Waals surface area contributed by atoms with Crippen molar-refractivity contribution in [2.24, 2.45) is 0 Å². The van der Waals surface area contributed by atoms with Gasteiger partial charge in [-0.3, -0.25) is 0 Å². The first-order chi connectivity index (χ1) is 21.3. The van der Waals surface area contributed by atoms with Gasteiger partial charge in [-0.05, 0) is 100 Å². The molecule has 4 heteroatoms. The van der Waals surface area contributed by atoms with E-state index in [1.807, 2.05) is 0 Å². The van der Waals surface area contributed by atoms with Crippen molar-refractivity contribution < 1.29 is 4.42 Å². The van der Waals surface area contributed by atoms with E-state index in [0.29, 0.717) is 0 Å². The third kappa shape index (κ3) is 3.45. The van der Waals surface area contributed by atoms with Crippen LogP contribution in [0.15, 0.2) is 120 Å². The maximum atomic E-state index is 6.97. The molecule has 0 amide bonds. The molecular formula is C40H35BN2O. The van der Waals surface area contributed by atoms with E-state index in [-0.39, 0.29) is 17.5 Å². The second-order valence-corrected chi connectivity index (χ2v) is 14.0. The molecule has 0 radical (unpaired) electrons. The van der Waals surface area contributed by atoms with Crippen molar-refractivity contribution in [1.82, 2.24) is 0 Å². The first-order valence-corrected chi connectivity index (χ1v) is 15.9. The number of rotatable bonds is 2. The lowest BCUT2D eigenvalue weighted by Gasteiger charge is -2.46. The first-order valence-electron chi connectivity index (χ1n) is 15.9. The molecule has 2 aliphatic heterocycles. The fraction of sp³-hybridized carbons (Fsp3) is 0.200. The minimum absolute atomic E-state index is 0.0235. The first kappa shape index (κ1) is 25.8. The summed E-state index contributed by atoms with van der Waals surface area (Å²) in [6.45, 7) is 9.67. The van der Waals surface area contributed by atoms with Crippen molar-refractivity contribution >= 4 is 68.4 Å². The van der Waals surface area contributed by atoms with Crippen LogP contribution in [-0.2, 0) is 10.8 Å². The number of nitrogens with zero attached hydrogens (tertiary/aromatic N) is 2. The summed E-state index contributed by atoms with van der Waals surface area (Å²) in [5.74, 6) is 0. The lowest BCUT2D eigenvalue weighted by Crippen LogP contribution is -2.61. The van der Waals surface area contributed by atoms with Gasteiger partial charge >= 0.3 is 0 Å². The summed E-state index contributed by atoms with van der Waals surface area (Å²) in [5.41, 5.74) is 14.9. The van der Waals surface area contributed by atoms with Crippen LogP contribution in [0.1, 0.15) is 51.7 Å². The number of anilines is 6. The molecule has 0 spiro atoms. The van der Waals surface area contributed by atoms with Gasteiger partial charge in [0.05, 0.1) is 11.3 Å². The standard InChI is InChI=1S/C40H35BN2O/c1-39(2)22-23-40(3,4)30-25-34-31(24-29(30)39)41-36-32(42(34)26-14-7-5-8-15-26)19-13-20-33(36)43(27-16-9-6-10-17-27)37-28-18-11-12-21-35(28)44-38(37)41/h5-21,24-25H,22-23H2,1-4H3. The Hall–Kier alpha value is -4.70. The van der Waals surface area contributed by atoms with Gasteiger partial charge in [-0.1, -0.05) is 88.4 Å². The van der Waals surface area contributed by atoms with Crippen LogP contribution >= 0.6 is 0 Å². The van der Waals surface area contributed by atoms with E-state index >= 15 is 0 Å². The smallest absolute Gasteiger partial charge is 0.297 e. The summed E-state index contributed by atoms with van der Waals surface area (Å²) in [6.07, 6.45) is 2.36. The van der Waals surface area contributed by atoms with E-state index in [0.717, 1.165) is 28.0 Å². The zero-order chi connectivity index (χ0) is 29.8. The number of furan rings is 1. The van der Waals surface area contributed by atoms with Crippen LogP contribution in [0.5, 0.6) is 0 Å². The van der Waals surface area contributed by atoms with Crippen molar-refractivity contribution in [2.75, 3.05) is 9.80 Å². The quantitative estimate of drug-likeness (QED) is 0.194. The molecule has 1 aliphatic carbocycles. The van der Waals surface area contributed by atoms with E-state index in [9.17, 15) is 0 Å². The predicted octanol–water partition coefficient (Wildman–Crippen LogP) is 8.86. The summed E-state index contributed by atoms with van der Waals surface area (Å²) in [7, 11) is 0. The van der Waals surface area contributed by atoms with Gasteiger partial charge in [-0.25, -0.2) is 0 Å². The highest BCUT2D eigenvalue weighted by Crippen LogP contribution is 2.50. The molecule has 214 valence electrons. The molecule has 0 saturated carbocycles. The van der Waals surface area contributed by atoms with E-state index in [2.05, 4.69) is 153 Å². The minimum Gasteiger partial charge on any atom is -0.468 e. The molecule has 0 unspecified atom stereocenters. The number of hydrogen-bond donors (Lipinski definition) is 0. The lowest BCUT2D eigenvalue weighted by atomic mass is 9.35. The second-order valence-electron chi connectivity index (χ2n) is 14.0.